The van der Waals surface area contributed by atoms with Crippen molar-refractivity contribution in [2.24, 2.45) is 5.92 Å². The highest BCUT2D eigenvalue weighted by atomic mass is 16.5. The van der Waals surface area contributed by atoms with E-state index in [1.165, 1.54) is 31.2 Å². The first-order chi connectivity index (χ1) is 15.1. The van der Waals surface area contributed by atoms with E-state index in [1.807, 2.05) is 19.1 Å². The van der Waals surface area contributed by atoms with Crippen molar-refractivity contribution in [1.82, 2.24) is 10.6 Å². The van der Waals surface area contributed by atoms with Gasteiger partial charge in [-0.25, -0.2) is 0 Å². The van der Waals surface area contributed by atoms with Crippen LogP contribution in [0, 0.1) is 5.92 Å². The Morgan fingerprint density at radius 3 is 2.32 bits per heavy atom. The molecule has 2 aromatic carbocycles. The molecule has 0 unspecified atom stereocenters. The lowest BCUT2D eigenvalue weighted by atomic mass is 10.1. The second-order valence-electron chi connectivity index (χ2n) is 8.42. The van der Waals surface area contributed by atoms with Gasteiger partial charge in [0.15, 0.2) is 0 Å². The van der Waals surface area contributed by atoms with E-state index in [0.717, 1.165) is 23.7 Å². The number of amides is 2. The van der Waals surface area contributed by atoms with Crippen molar-refractivity contribution in [1.29, 1.82) is 0 Å². The van der Waals surface area contributed by atoms with Gasteiger partial charge in [0.05, 0.1) is 6.61 Å². The first-order valence-electron chi connectivity index (χ1n) is 11.3. The average Bonchev–Trinajstić information content (AvgIpc) is 3.69. The summed E-state index contributed by atoms with van der Waals surface area (Å²) < 4.78 is 5.75. The summed E-state index contributed by atoms with van der Waals surface area (Å²) in [6, 6.07) is 15.2. The number of ether oxygens (including phenoxy) is 1. The van der Waals surface area contributed by atoms with E-state index in [-0.39, 0.29) is 17.5 Å². The Balaban J connectivity index is 1.41. The summed E-state index contributed by atoms with van der Waals surface area (Å²) >= 11 is 0. The van der Waals surface area contributed by atoms with Crippen molar-refractivity contribution < 1.29 is 14.3 Å². The predicted molar refractivity (Wildman–Crippen MR) is 122 cm³/mol. The Kier molecular flexibility index (Phi) is 6.70. The summed E-state index contributed by atoms with van der Waals surface area (Å²) in [6.07, 6.45) is 7.93. The van der Waals surface area contributed by atoms with E-state index in [9.17, 15) is 9.59 Å². The van der Waals surface area contributed by atoms with Crippen LogP contribution in [0.15, 0.2) is 54.2 Å². The van der Waals surface area contributed by atoms with Gasteiger partial charge < -0.3 is 15.4 Å². The minimum absolute atomic E-state index is 0.232. The number of rotatable bonds is 10. The van der Waals surface area contributed by atoms with Crippen molar-refractivity contribution in [3.63, 3.8) is 0 Å². The molecule has 31 heavy (non-hydrogen) atoms. The molecule has 2 aliphatic rings. The summed E-state index contributed by atoms with van der Waals surface area (Å²) in [6.45, 7) is 3.04. The van der Waals surface area contributed by atoms with Crippen LogP contribution in [0.3, 0.4) is 0 Å². The Bertz CT molecular complexity index is 940. The normalized spacial score (nSPS) is 16.0. The number of likely N-dealkylation sites (N-methyl/N-ethyl adjacent to an activating group) is 1. The fourth-order valence-electron chi connectivity index (χ4n) is 3.51. The maximum Gasteiger partial charge on any atom is 0.267 e. The van der Waals surface area contributed by atoms with Gasteiger partial charge in [-0.2, -0.15) is 0 Å². The maximum atomic E-state index is 12.8. The highest BCUT2D eigenvalue weighted by Crippen LogP contribution is 2.40. The number of hydrogen-bond donors (Lipinski definition) is 2. The van der Waals surface area contributed by atoms with Gasteiger partial charge in [-0.15, -0.1) is 0 Å². The molecule has 2 amide bonds. The summed E-state index contributed by atoms with van der Waals surface area (Å²) in [4.78, 5) is 25.3. The third kappa shape index (κ3) is 6.20. The molecular weight excluding hydrogens is 388 g/mol. The van der Waals surface area contributed by atoms with Crippen molar-refractivity contribution in [3.05, 3.63) is 70.9 Å². The van der Waals surface area contributed by atoms with E-state index in [2.05, 4.69) is 22.8 Å². The monoisotopic (exact) mass is 418 g/mol. The van der Waals surface area contributed by atoms with Crippen LogP contribution in [0.25, 0.3) is 6.08 Å². The van der Waals surface area contributed by atoms with E-state index in [4.69, 9.17) is 4.74 Å². The fourth-order valence-corrected chi connectivity index (χ4v) is 3.51. The molecule has 0 aliphatic heterocycles. The molecule has 2 N–H and O–H groups in total. The molecule has 0 radical (unpaired) electrons. The summed E-state index contributed by atoms with van der Waals surface area (Å²) in [7, 11) is 0. The Labute approximate surface area is 183 Å². The number of benzene rings is 2. The van der Waals surface area contributed by atoms with Crippen LogP contribution in [0.5, 0.6) is 5.75 Å². The number of nitrogens with one attached hydrogen (secondary N) is 2. The molecule has 5 heteroatoms. The van der Waals surface area contributed by atoms with Gasteiger partial charge >= 0.3 is 0 Å². The van der Waals surface area contributed by atoms with Crippen LogP contribution in [0.1, 0.15) is 66.4 Å². The molecular formula is C26H30N2O3. The summed E-state index contributed by atoms with van der Waals surface area (Å²) in [5, 5.41) is 5.54. The average molecular weight is 419 g/mol. The highest BCUT2D eigenvalue weighted by Gasteiger charge is 2.23. The summed E-state index contributed by atoms with van der Waals surface area (Å²) in [5.74, 6) is 1.64. The van der Waals surface area contributed by atoms with E-state index in [1.54, 1.807) is 30.3 Å². The molecule has 0 atom stereocenters. The van der Waals surface area contributed by atoms with E-state index < -0.39 is 0 Å². The van der Waals surface area contributed by atoms with Gasteiger partial charge in [-0.3, -0.25) is 9.59 Å². The van der Waals surface area contributed by atoms with Crippen LogP contribution in [0.4, 0.5) is 0 Å². The molecule has 0 saturated heterocycles. The van der Waals surface area contributed by atoms with Gasteiger partial charge in [0.2, 0.25) is 0 Å². The Morgan fingerprint density at radius 1 is 1.00 bits per heavy atom. The minimum atomic E-state index is -0.323. The van der Waals surface area contributed by atoms with Gasteiger partial charge in [0, 0.05) is 12.1 Å². The highest BCUT2D eigenvalue weighted by molar-refractivity contribution is 6.05. The SMILES string of the molecule is CCNC(=O)C(=Cc1ccc(C2CC2)cc1)NC(=O)c1ccc(OCCC2CC2)cc1. The maximum absolute atomic E-state index is 12.8. The quantitative estimate of drug-likeness (QED) is 0.552. The molecule has 162 valence electrons. The molecule has 2 fully saturated rings. The lowest BCUT2D eigenvalue weighted by molar-refractivity contribution is -0.117. The van der Waals surface area contributed by atoms with Crippen molar-refractivity contribution >= 4 is 17.9 Å². The van der Waals surface area contributed by atoms with Crippen LogP contribution in [-0.4, -0.2) is 25.0 Å². The van der Waals surface area contributed by atoms with Gasteiger partial charge in [0.25, 0.3) is 11.8 Å². The largest absolute Gasteiger partial charge is 0.494 e. The Morgan fingerprint density at radius 2 is 1.71 bits per heavy atom. The first-order valence-corrected chi connectivity index (χ1v) is 11.3. The third-order valence-electron chi connectivity index (χ3n) is 5.73. The Hall–Kier alpha value is -3.08. The van der Waals surface area contributed by atoms with Crippen molar-refractivity contribution in [2.45, 2.75) is 44.9 Å². The molecule has 0 heterocycles. The van der Waals surface area contributed by atoms with Gasteiger partial charge in [-0.1, -0.05) is 37.1 Å². The number of hydrogen-bond acceptors (Lipinski definition) is 3. The van der Waals surface area contributed by atoms with Crippen LogP contribution in [0.2, 0.25) is 0 Å². The molecule has 0 spiro atoms. The zero-order valence-electron chi connectivity index (χ0n) is 18.0. The molecule has 0 bridgehead atoms. The fraction of sp³-hybridized carbons (Fsp3) is 0.385. The lowest BCUT2D eigenvalue weighted by Crippen LogP contribution is -2.34. The molecule has 0 aromatic heterocycles. The zero-order valence-corrected chi connectivity index (χ0v) is 18.0. The van der Waals surface area contributed by atoms with Crippen molar-refractivity contribution in [2.75, 3.05) is 13.2 Å². The molecule has 2 aliphatic carbocycles. The van der Waals surface area contributed by atoms with Gasteiger partial charge in [0.1, 0.15) is 11.4 Å². The molecule has 4 rings (SSSR count). The number of carbonyl (C=O) groups is 2. The topological polar surface area (TPSA) is 67.4 Å². The van der Waals surface area contributed by atoms with E-state index >= 15 is 0 Å². The zero-order chi connectivity index (χ0) is 21.6. The molecule has 2 saturated carbocycles. The minimum Gasteiger partial charge on any atom is -0.494 e. The number of carbonyl (C=O) groups excluding carboxylic acids is 2. The van der Waals surface area contributed by atoms with Gasteiger partial charge in [-0.05, 0) is 79.5 Å². The third-order valence-corrected chi connectivity index (χ3v) is 5.73. The van der Waals surface area contributed by atoms with E-state index in [0.29, 0.717) is 24.6 Å². The first kappa shape index (κ1) is 21.2. The second kappa shape index (κ2) is 9.82. The van der Waals surface area contributed by atoms with Crippen LogP contribution >= 0.6 is 0 Å². The molecule has 2 aromatic rings. The lowest BCUT2D eigenvalue weighted by Gasteiger charge is -2.11. The van der Waals surface area contributed by atoms with Crippen LogP contribution < -0.4 is 15.4 Å². The van der Waals surface area contributed by atoms with Crippen LogP contribution in [-0.2, 0) is 4.79 Å². The molecule has 5 nitrogen and oxygen atoms in total. The second-order valence-corrected chi connectivity index (χ2v) is 8.42. The summed E-state index contributed by atoms with van der Waals surface area (Å²) in [5.41, 5.74) is 2.93. The predicted octanol–water partition coefficient (Wildman–Crippen LogP) is 4.65. The standard InChI is InChI=1S/C26H30N2O3/c1-2-27-26(30)24(17-19-5-7-20(8-6-19)21-9-10-21)28-25(29)22-11-13-23(14-12-22)31-16-15-18-3-4-18/h5-8,11-14,17-18,21H,2-4,9-10,15-16H2,1H3,(H,27,30)(H,28,29). The smallest absolute Gasteiger partial charge is 0.267 e. The van der Waals surface area contributed by atoms with Crippen molar-refractivity contribution in [3.8, 4) is 5.75 Å².